The number of pyridine rings is 1. The Morgan fingerprint density at radius 1 is 1.17 bits per heavy atom. The molecule has 0 fully saturated rings. The highest BCUT2D eigenvalue weighted by atomic mass is 32.1. The van der Waals surface area contributed by atoms with Gasteiger partial charge in [-0.2, -0.15) is 0 Å². The maximum atomic E-state index is 13.6. The number of para-hydroxylation sites is 1. The molecule has 0 aliphatic rings. The van der Waals surface area contributed by atoms with Crippen molar-refractivity contribution in [3.63, 3.8) is 0 Å². The largest absolute Gasteiger partial charge is 0.319 e. The van der Waals surface area contributed by atoms with Crippen molar-refractivity contribution in [2.45, 2.75) is 19.8 Å². The smallest absolute Gasteiger partial charge is 0.267 e. The lowest BCUT2D eigenvalue weighted by Crippen LogP contribution is -2.12. The lowest BCUT2D eigenvalue weighted by Gasteiger charge is -2.04. The predicted octanol–water partition coefficient (Wildman–Crippen LogP) is 4.02. The van der Waals surface area contributed by atoms with E-state index in [1.54, 1.807) is 31.5 Å². The quantitative estimate of drug-likeness (QED) is 0.762. The third-order valence-corrected chi connectivity index (χ3v) is 4.76. The number of rotatable bonds is 5. The number of hydrogen-bond donors (Lipinski definition) is 1. The highest BCUT2D eigenvalue weighted by molar-refractivity contribution is 7.13. The number of halogens is 1. The van der Waals surface area contributed by atoms with Crippen LogP contribution in [0.2, 0.25) is 0 Å². The van der Waals surface area contributed by atoms with Crippen molar-refractivity contribution in [2.75, 3.05) is 5.32 Å². The number of benzene rings is 1. The number of carbonyl (C=O) groups is 1. The van der Waals surface area contributed by atoms with Crippen LogP contribution in [-0.4, -0.2) is 15.9 Å². The average molecular weight is 341 g/mol. The number of hydrogen-bond acceptors (Lipinski definition) is 4. The van der Waals surface area contributed by atoms with Crippen LogP contribution in [0.25, 0.3) is 0 Å². The van der Waals surface area contributed by atoms with E-state index in [0.717, 1.165) is 17.8 Å². The minimum atomic E-state index is -0.453. The molecule has 3 rings (SSSR count). The second-order valence-electron chi connectivity index (χ2n) is 5.31. The fourth-order valence-corrected chi connectivity index (χ4v) is 3.27. The molecule has 1 amide bonds. The van der Waals surface area contributed by atoms with Crippen LogP contribution in [0, 0.1) is 12.7 Å². The Morgan fingerprint density at radius 2 is 1.92 bits per heavy atom. The van der Waals surface area contributed by atoms with Gasteiger partial charge in [0.25, 0.3) is 5.91 Å². The van der Waals surface area contributed by atoms with Crippen molar-refractivity contribution in [3.05, 3.63) is 75.8 Å². The van der Waals surface area contributed by atoms with E-state index in [9.17, 15) is 9.18 Å². The maximum absolute atomic E-state index is 13.6. The molecule has 1 aromatic carbocycles. The van der Waals surface area contributed by atoms with E-state index in [-0.39, 0.29) is 11.6 Å². The number of thiazole rings is 1. The van der Waals surface area contributed by atoms with Crippen molar-refractivity contribution < 1.29 is 9.18 Å². The zero-order valence-corrected chi connectivity index (χ0v) is 13.9. The van der Waals surface area contributed by atoms with E-state index in [1.807, 2.05) is 12.1 Å². The molecule has 0 aliphatic heterocycles. The topological polar surface area (TPSA) is 54.9 Å². The van der Waals surface area contributed by atoms with E-state index < -0.39 is 5.82 Å². The zero-order valence-electron chi connectivity index (χ0n) is 13.1. The summed E-state index contributed by atoms with van der Waals surface area (Å²) >= 11 is 1.35. The summed E-state index contributed by atoms with van der Waals surface area (Å²) in [7, 11) is 0. The van der Waals surface area contributed by atoms with Gasteiger partial charge in [-0.25, -0.2) is 9.37 Å². The molecular formula is C18H16FN3OS. The molecule has 2 aromatic heterocycles. The highest BCUT2D eigenvalue weighted by Crippen LogP contribution is 2.22. The third-order valence-electron chi connectivity index (χ3n) is 3.55. The molecule has 0 unspecified atom stereocenters. The summed E-state index contributed by atoms with van der Waals surface area (Å²) in [6.45, 7) is 1.79. The molecule has 6 heteroatoms. The lowest BCUT2D eigenvalue weighted by atomic mass is 10.1. The van der Waals surface area contributed by atoms with Crippen LogP contribution in [0.3, 0.4) is 0 Å². The zero-order chi connectivity index (χ0) is 16.9. The van der Waals surface area contributed by atoms with Gasteiger partial charge in [0.1, 0.15) is 10.7 Å². The van der Waals surface area contributed by atoms with Crippen LogP contribution in [-0.2, 0) is 12.8 Å². The summed E-state index contributed by atoms with van der Waals surface area (Å²) in [5, 5.41) is 3.49. The van der Waals surface area contributed by atoms with Crippen molar-refractivity contribution in [1.82, 2.24) is 9.97 Å². The molecule has 0 atom stereocenters. The van der Waals surface area contributed by atoms with Gasteiger partial charge in [-0.05, 0) is 43.2 Å². The van der Waals surface area contributed by atoms with Gasteiger partial charge in [-0.3, -0.25) is 9.78 Å². The van der Waals surface area contributed by atoms with Gasteiger partial charge in [-0.15, -0.1) is 11.3 Å². The summed E-state index contributed by atoms with van der Waals surface area (Å²) in [5.41, 5.74) is 2.02. The first kappa shape index (κ1) is 16.3. The minimum Gasteiger partial charge on any atom is -0.319 e. The average Bonchev–Trinajstić information content (AvgIpc) is 2.97. The number of aromatic nitrogens is 2. The molecule has 4 nitrogen and oxygen atoms in total. The van der Waals surface area contributed by atoms with E-state index >= 15 is 0 Å². The fraction of sp³-hybridized carbons (Fsp3) is 0.167. The molecule has 1 N–H and O–H groups in total. The van der Waals surface area contributed by atoms with Crippen molar-refractivity contribution in [3.8, 4) is 0 Å². The Morgan fingerprint density at radius 3 is 2.67 bits per heavy atom. The van der Waals surface area contributed by atoms with Gasteiger partial charge in [0.05, 0.1) is 16.4 Å². The Hall–Kier alpha value is -2.60. The Bertz CT molecular complexity index is 848. The second kappa shape index (κ2) is 7.31. The number of aryl methyl sites for hydroxylation is 3. The summed E-state index contributed by atoms with van der Waals surface area (Å²) in [4.78, 5) is 21.3. The van der Waals surface area contributed by atoms with Crippen molar-refractivity contribution in [2.24, 2.45) is 0 Å². The van der Waals surface area contributed by atoms with Gasteiger partial charge in [0.15, 0.2) is 0 Å². The molecular weight excluding hydrogens is 325 g/mol. The second-order valence-corrected chi connectivity index (χ2v) is 6.40. The summed E-state index contributed by atoms with van der Waals surface area (Å²) < 4.78 is 13.6. The van der Waals surface area contributed by atoms with Gasteiger partial charge >= 0.3 is 0 Å². The van der Waals surface area contributed by atoms with E-state index in [2.05, 4.69) is 15.3 Å². The molecule has 0 saturated heterocycles. The SMILES string of the molecule is Cc1nc(CCc2ccncc2)sc1C(=O)Nc1ccccc1F. The Balaban J connectivity index is 1.69. The number of carbonyl (C=O) groups excluding carboxylic acids is 1. The monoisotopic (exact) mass is 341 g/mol. The van der Waals surface area contributed by atoms with Gasteiger partial charge in [-0.1, -0.05) is 12.1 Å². The van der Waals surface area contributed by atoms with Crippen LogP contribution >= 0.6 is 11.3 Å². The molecule has 3 aromatic rings. The minimum absolute atomic E-state index is 0.175. The van der Waals surface area contributed by atoms with Gasteiger partial charge in [0.2, 0.25) is 0 Å². The van der Waals surface area contributed by atoms with Crippen LogP contribution < -0.4 is 5.32 Å². The van der Waals surface area contributed by atoms with E-state index in [0.29, 0.717) is 10.6 Å². The number of amides is 1. The van der Waals surface area contributed by atoms with Crippen LogP contribution in [0.1, 0.15) is 25.9 Å². The van der Waals surface area contributed by atoms with E-state index in [4.69, 9.17) is 0 Å². The van der Waals surface area contributed by atoms with Crippen LogP contribution in [0.4, 0.5) is 10.1 Å². The molecule has 0 saturated carbocycles. The predicted molar refractivity (Wildman–Crippen MR) is 92.8 cm³/mol. The van der Waals surface area contributed by atoms with E-state index in [1.165, 1.54) is 29.0 Å². The summed E-state index contributed by atoms with van der Waals surface area (Å²) in [6, 6.07) is 10.0. The number of anilines is 1. The molecule has 0 radical (unpaired) electrons. The molecule has 0 spiro atoms. The first-order chi connectivity index (χ1) is 11.6. The number of nitrogens with zero attached hydrogens (tertiary/aromatic N) is 2. The molecule has 24 heavy (non-hydrogen) atoms. The molecule has 122 valence electrons. The maximum Gasteiger partial charge on any atom is 0.267 e. The first-order valence-corrected chi connectivity index (χ1v) is 8.36. The third kappa shape index (κ3) is 3.83. The Labute approximate surface area is 143 Å². The van der Waals surface area contributed by atoms with Gasteiger partial charge < -0.3 is 5.32 Å². The molecule has 0 bridgehead atoms. The fourth-order valence-electron chi connectivity index (χ4n) is 2.31. The van der Waals surface area contributed by atoms with Crippen molar-refractivity contribution >= 4 is 22.9 Å². The number of nitrogens with one attached hydrogen (secondary N) is 1. The molecule has 0 aliphatic carbocycles. The highest BCUT2D eigenvalue weighted by Gasteiger charge is 2.16. The van der Waals surface area contributed by atoms with Crippen molar-refractivity contribution in [1.29, 1.82) is 0 Å². The first-order valence-electron chi connectivity index (χ1n) is 7.54. The normalized spacial score (nSPS) is 10.6. The summed E-state index contributed by atoms with van der Waals surface area (Å²) in [5.74, 6) is -0.781. The Kier molecular flexibility index (Phi) is 4.96. The van der Waals surface area contributed by atoms with Crippen LogP contribution in [0.15, 0.2) is 48.8 Å². The van der Waals surface area contributed by atoms with Crippen LogP contribution in [0.5, 0.6) is 0 Å². The summed E-state index contributed by atoms with van der Waals surface area (Å²) in [6.07, 6.45) is 5.11. The van der Waals surface area contributed by atoms with Gasteiger partial charge in [0, 0.05) is 18.8 Å². The lowest BCUT2D eigenvalue weighted by molar-refractivity contribution is 0.102. The molecule has 2 heterocycles. The standard InChI is InChI=1S/C18H16FN3OS/c1-12-17(18(23)22-15-5-3-2-4-14(15)19)24-16(21-12)7-6-13-8-10-20-11-9-13/h2-5,8-11H,6-7H2,1H3,(H,22,23).